The van der Waals surface area contributed by atoms with Gasteiger partial charge in [-0.1, -0.05) is 15.9 Å². The number of hydrogen-bond acceptors (Lipinski definition) is 4. The molecule has 1 unspecified atom stereocenters. The fourth-order valence-corrected chi connectivity index (χ4v) is 3.16. The Hall–Kier alpha value is -1.44. The van der Waals surface area contributed by atoms with Gasteiger partial charge in [0.1, 0.15) is 6.54 Å². The molecule has 1 aromatic carbocycles. The second-order valence-electron chi connectivity index (χ2n) is 6.28. The summed E-state index contributed by atoms with van der Waals surface area (Å²) in [5.74, 6) is 0.210. The predicted octanol–water partition coefficient (Wildman–Crippen LogP) is 1.82. The van der Waals surface area contributed by atoms with Crippen LogP contribution in [0.5, 0.6) is 0 Å². The van der Waals surface area contributed by atoms with Gasteiger partial charge in [-0.2, -0.15) is 0 Å². The fraction of sp³-hybridized carbons (Fsp3) is 0.438. The first-order valence-corrected chi connectivity index (χ1v) is 8.38. The minimum Gasteiger partial charge on any atom is -0.348 e. The summed E-state index contributed by atoms with van der Waals surface area (Å²) in [4.78, 5) is 29.0. The van der Waals surface area contributed by atoms with E-state index in [9.17, 15) is 9.59 Å². The molecule has 2 aromatic rings. The number of rotatable bonds is 5. The van der Waals surface area contributed by atoms with Gasteiger partial charge in [0, 0.05) is 11.0 Å². The predicted molar refractivity (Wildman–Crippen MR) is 99.3 cm³/mol. The molecule has 1 fully saturated rings. The smallest absolute Gasteiger partial charge is 0.261 e. The Bertz CT molecular complexity index is 821. The van der Waals surface area contributed by atoms with Crippen molar-refractivity contribution in [3.63, 3.8) is 0 Å². The number of carbonyl (C=O) groups is 1. The molecule has 1 aromatic heterocycles. The first kappa shape index (κ1) is 18.9. The highest BCUT2D eigenvalue weighted by Gasteiger charge is 2.41. The van der Waals surface area contributed by atoms with Crippen molar-refractivity contribution >= 4 is 45.1 Å². The molecule has 1 saturated carbocycles. The molecule has 1 aliphatic carbocycles. The Morgan fingerprint density at radius 1 is 1.50 bits per heavy atom. The van der Waals surface area contributed by atoms with Crippen LogP contribution in [0.25, 0.3) is 10.9 Å². The quantitative estimate of drug-likeness (QED) is 0.779. The summed E-state index contributed by atoms with van der Waals surface area (Å²) in [5.41, 5.74) is 5.80. The monoisotopic (exact) mass is 414 g/mol. The number of amides is 1. The first-order chi connectivity index (χ1) is 10.9. The largest absolute Gasteiger partial charge is 0.348 e. The molecule has 3 rings (SSSR count). The van der Waals surface area contributed by atoms with Crippen LogP contribution in [0.3, 0.4) is 0 Å². The molecule has 1 atom stereocenters. The minimum absolute atomic E-state index is 0. The third-order valence-electron chi connectivity index (χ3n) is 4.43. The molecule has 0 radical (unpaired) electrons. The van der Waals surface area contributed by atoms with Gasteiger partial charge < -0.3 is 11.1 Å². The van der Waals surface area contributed by atoms with Crippen LogP contribution in [-0.4, -0.2) is 27.5 Å². The molecule has 130 valence electrons. The van der Waals surface area contributed by atoms with Crippen LogP contribution < -0.4 is 16.6 Å². The Morgan fingerprint density at radius 2 is 2.21 bits per heavy atom. The van der Waals surface area contributed by atoms with Gasteiger partial charge in [-0.25, -0.2) is 4.98 Å². The average Bonchev–Trinajstić information content (AvgIpc) is 3.35. The summed E-state index contributed by atoms with van der Waals surface area (Å²) in [5, 5.41) is 3.46. The van der Waals surface area contributed by atoms with Crippen LogP contribution in [0.15, 0.2) is 33.8 Å². The number of nitrogens with zero attached hydrogens (tertiary/aromatic N) is 2. The van der Waals surface area contributed by atoms with Gasteiger partial charge in [0.25, 0.3) is 5.56 Å². The molecule has 0 bridgehead atoms. The van der Waals surface area contributed by atoms with E-state index in [1.807, 2.05) is 13.0 Å². The molecule has 0 spiro atoms. The molecule has 8 heteroatoms. The zero-order chi connectivity index (χ0) is 16.6. The molecule has 1 aliphatic rings. The van der Waals surface area contributed by atoms with Gasteiger partial charge >= 0.3 is 0 Å². The molecule has 3 N–H and O–H groups in total. The lowest BCUT2D eigenvalue weighted by Gasteiger charge is -2.29. The van der Waals surface area contributed by atoms with E-state index in [1.54, 1.807) is 12.1 Å². The summed E-state index contributed by atoms with van der Waals surface area (Å²) in [6.45, 7) is 2.29. The minimum atomic E-state index is -0.395. The average molecular weight is 416 g/mol. The molecule has 6 nitrogen and oxygen atoms in total. The standard InChI is InChI=1S/C16H19BrN4O2.ClH/c1-16(8-18,10-2-3-10)20-14(22)7-21-9-19-13-5-4-11(17)6-12(13)15(21)23;/h4-6,9-10H,2-3,7-8,18H2,1H3,(H,20,22);1H. The van der Waals surface area contributed by atoms with E-state index < -0.39 is 5.54 Å². The van der Waals surface area contributed by atoms with E-state index in [0.717, 1.165) is 17.3 Å². The molecule has 0 aliphatic heterocycles. The number of halogens is 2. The second-order valence-corrected chi connectivity index (χ2v) is 7.20. The van der Waals surface area contributed by atoms with Crippen molar-refractivity contribution in [3.8, 4) is 0 Å². The highest BCUT2D eigenvalue weighted by molar-refractivity contribution is 9.10. The molecule has 1 heterocycles. The summed E-state index contributed by atoms with van der Waals surface area (Å²) in [7, 11) is 0. The van der Waals surface area contributed by atoms with Gasteiger partial charge in [-0.15, -0.1) is 12.4 Å². The van der Waals surface area contributed by atoms with Gasteiger partial charge in [0.2, 0.25) is 5.91 Å². The maximum Gasteiger partial charge on any atom is 0.261 e. The van der Waals surface area contributed by atoms with Gasteiger partial charge in [0.05, 0.1) is 22.8 Å². The zero-order valence-electron chi connectivity index (χ0n) is 13.3. The molecular weight excluding hydrogens is 396 g/mol. The Morgan fingerprint density at radius 3 is 2.83 bits per heavy atom. The second kappa shape index (κ2) is 7.21. The summed E-state index contributed by atoms with van der Waals surface area (Å²) in [6, 6.07) is 5.31. The number of hydrogen-bond donors (Lipinski definition) is 2. The summed E-state index contributed by atoms with van der Waals surface area (Å²) < 4.78 is 2.13. The highest BCUT2D eigenvalue weighted by Crippen LogP contribution is 2.38. The number of carbonyl (C=O) groups excluding carboxylic acids is 1. The van der Waals surface area contributed by atoms with Crippen molar-refractivity contribution in [2.75, 3.05) is 6.54 Å². The van der Waals surface area contributed by atoms with E-state index >= 15 is 0 Å². The maximum absolute atomic E-state index is 12.5. The highest BCUT2D eigenvalue weighted by atomic mass is 79.9. The topological polar surface area (TPSA) is 90.0 Å². The van der Waals surface area contributed by atoms with Gasteiger partial charge in [-0.05, 0) is 43.9 Å². The fourth-order valence-electron chi connectivity index (χ4n) is 2.80. The van der Waals surface area contributed by atoms with E-state index in [-0.39, 0.29) is 30.4 Å². The van der Waals surface area contributed by atoms with Crippen LogP contribution in [-0.2, 0) is 11.3 Å². The van der Waals surface area contributed by atoms with E-state index in [0.29, 0.717) is 23.4 Å². The SMILES string of the molecule is CC(CN)(NC(=O)Cn1cnc2ccc(Br)cc2c1=O)C1CC1.Cl. The van der Waals surface area contributed by atoms with Crippen molar-refractivity contribution in [1.29, 1.82) is 0 Å². The molecular formula is C16H20BrClN4O2. The zero-order valence-corrected chi connectivity index (χ0v) is 15.7. The van der Waals surface area contributed by atoms with Crippen molar-refractivity contribution < 1.29 is 4.79 Å². The van der Waals surface area contributed by atoms with Crippen LogP contribution in [0.2, 0.25) is 0 Å². The Kier molecular flexibility index (Phi) is 5.67. The van der Waals surface area contributed by atoms with Crippen molar-refractivity contribution in [2.24, 2.45) is 11.7 Å². The lowest BCUT2D eigenvalue weighted by atomic mass is 9.96. The molecule has 0 saturated heterocycles. The van der Waals surface area contributed by atoms with Crippen LogP contribution in [0.4, 0.5) is 0 Å². The number of nitrogens with one attached hydrogen (secondary N) is 1. The van der Waals surface area contributed by atoms with E-state index in [4.69, 9.17) is 5.73 Å². The number of benzene rings is 1. The lowest BCUT2D eigenvalue weighted by molar-refractivity contribution is -0.123. The number of nitrogens with two attached hydrogens (primary N) is 1. The van der Waals surface area contributed by atoms with Gasteiger partial charge in [-0.3, -0.25) is 14.2 Å². The van der Waals surface area contributed by atoms with E-state index in [1.165, 1.54) is 10.9 Å². The van der Waals surface area contributed by atoms with Crippen LogP contribution in [0.1, 0.15) is 19.8 Å². The molecule has 1 amide bonds. The third-order valence-corrected chi connectivity index (χ3v) is 4.92. The van der Waals surface area contributed by atoms with Crippen molar-refractivity contribution in [3.05, 3.63) is 39.4 Å². The van der Waals surface area contributed by atoms with Crippen molar-refractivity contribution in [1.82, 2.24) is 14.9 Å². The summed E-state index contributed by atoms with van der Waals surface area (Å²) in [6.07, 6.45) is 3.58. The lowest BCUT2D eigenvalue weighted by Crippen LogP contribution is -2.54. The maximum atomic E-state index is 12.5. The van der Waals surface area contributed by atoms with E-state index in [2.05, 4.69) is 26.2 Å². The number of fused-ring (bicyclic) bond motifs is 1. The molecule has 24 heavy (non-hydrogen) atoms. The van der Waals surface area contributed by atoms with Crippen LogP contribution >= 0.6 is 28.3 Å². The Balaban J connectivity index is 0.00000208. The van der Waals surface area contributed by atoms with Crippen molar-refractivity contribution in [2.45, 2.75) is 31.8 Å². The number of aromatic nitrogens is 2. The third kappa shape index (κ3) is 3.79. The van der Waals surface area contributed by atoms with Crippen LogP contribution in [0, 0.1) is 5.92 Å². The first-order valence-electron chi connectivity index (χ1n) is 7.59. The normalized spacial score (nSPS) is 16.3. The Labute approximate surface area is 154 Å². The van der Waals surface area contributed by atoms with Gasteiger partial charge in [0.15, 0.2) is 0 Å². The summed E-state index contributed by atoms with van der Waals surface area (Å²) >= 11 is 3.34.